The maximum Gasteiger partial charge on any atom is 0.0938 e. The van der Waals surface area contributed by atoms with Crippen molar-refractivity contribution in [1.82, 2.24) is 0 Å². The Morgan fingerprint density at radius 3 is 3.00 bits per heavy atom. The lowest BCUT2D eigenvalue weighted by Gasteiger charge is -2.01. The summed E-state index contributed by atoms with van der Waals surface area (Å²) < 4.78 is 0. The summed E-state index contributed by atoms with van der Waals surface area (Å²) in [6, 6.07) is 3.77. The quantitative estimate of drug-likeness (QED) is 0.436. The summed E-state index contributed by atoms with van der Waals surface area (Å²) in [6.45, 7) is 2.07. The van der Waals surface area contributed by atoms with E-state index in [1.165, 1.54) is 11.3 Å². The Balaban J connectivity index is 2.64. The zero-order valence-electron chi connectivity index (χ0n) is 6.64. The van der Waals surface area contributed by atoms with Crippen molar-refractivity contribution >= 4 is 11.3 Å². The number of rotatable bonds is 3. The molecule has 0 saturated carbocycles. The zero-order chi connectivity index (χ0) is 8.97. The lowest BCUT2D eigenvalue weighted by atomic mass is 10.3. The number of aryl methyl sites for hydroxylation is 1. The van der Waals surface area contributed by atoms with E-state index >= 15 is 0 Å². The SMILES string of the molecule is Cc1ccc([C@@H](O)CN=[N+]=[N-])s1. The highest BCUT2D eigenvalue weighted by Crippen LogP contribution is 2.22. The van der Waals surface area contributed by atoms with E-state index in [2.05, 4.69) is 10.0 Å². The molecule has 0 aromatic carbocycles. The molecule has 0 bridgehead atoms. The van der Waals surface area contributed by atoms with Gasteiger partial charge in [0.15, 0.2) is 0 Å². The van der Waals surface area contributed by atoms with E-state index in [9.17, 15) is 5.11 Å². The topological polar surface area (TPSA) is 69.0 Å². The van der Waals surface area contributed by atoms with Gasteiger partial charge in [-0.3, -0.25) is 0 Å². The van der Waals surface area contributed by atoms with E-state index in [1.54, 1.807) is 0 Å². The fourth-order valence-electron chi connectivity index (χ4n) is 0.836. The Morgan fingerprint density at radius 2 is 2.50 bits per heavy atom. The molecule has 1 N–H and O–H groups in total. The fourth-order valence-corrected chi connectivity index (χ4v) is 1.69. The van der Waals surface area contributed by atoms with Gasteiger partial charge in [-0.25, -0.2) is 0 Å². The Hall–Kier alpha value is -1.03. The van der Waals surface area contributed by atoms with Crippen molar-refractivity contribution in [3.8, 4) is 0 Å². The summed E-state index contributed by atoms with van der Waals surface area (Å²) >= 11 is 1.51. The molecule has 1 aromatic rings. The average molecular weight is 183 g/mol. The summed E-state index contributed by atoms with van der Waals surface area (Å²) in [6.07, 6.45) is -0.653. The number of azide groups is 1. The van der Waals surface area contributed by atoms with Crippen LogP contribution in [0, 0.1) is 6.92 Å². The molecule has 0 aliphatic heterocycles. The molecule has 64 valence electrons. The molecule has 1 atom stereocenters. The van der Waals surface area contributed by atoms with Crippen molar-refractivity contribution in [3.05, 3.63) is 32.3 Å². The van der Waals surface area contributed by atoms with Gasteiger partial charge in [-0.15, -0.1) is 11.3 Å². The molecule has 0 saturated heterocycles. The first kappa shape index (κ1) is 9.06. The van der Waals surface area contributed by atoms with Crippen LogP contribution >= 0.6 is 11.3 Å². The molecule has 0 fully saturated rings. The zero-order valence-corrected chi connectivity index (χ0v) is 7.45. The van der Waals surface area contributed by atoms with Crippen molar-refractivity contribution in [2.24, 2.45) is 5.11 Å². The first-order chi connectivity index (χ1) is 5.74. The summed E-state index contributed by atoms with van der Waals surface area (Å²) in [7, 11) is 0. The molecular weight excluding hydrogens is 174 g/mol. The van der Waals surface area contributed by atoms with Crippen molar-refractivity contribution < 1.29 is 5.11 Å². The highest BCUT2D eigenvalue weighted by Gasteiger charge is 2.07. The Kier molecular flexibility index (Phi) is 3.10. The van der Waals surface area contributed by atoms with Crippen molar-refractivity contribution in [3.63, 3.8) is 0 Å². The number of aliphatic hydroxyl groups is 1. The first-order valence-corrected chi connectivity index (χ1v) is 4.31. The number of nitrogens with zero attached hydrogens (tertiary/aromatic N) is 3. The summed E-state index contributed by atoms with van der Waals surface area (Å²) in [5, 5.41) is 12.7. The normalized spacial score (nSPS) is 12.2. The molecule has 12 heavy (non-hydrogen) atoms. The van der Waals surface area contributed by atoms with Crippen LogP contribution in [-0.2, 0) is 0 Å². The average Bonchev–Trinajstić information content (AvgIpc) is 2.47. The maximum absolute atomic E-state index is 9.41. The summed E-state index contributed by atoms with van der Waals surface area (Å²) in [5.41, 5.74) is 8.02. The van der Waals surface area contributed by atoms with Crippen molar-refractivity contribution in [2.75, 3.05) is 6.54 Å². The highest BCUT2D eigenvalue weighted by atomic mass is 32.1. The van der Waals surface area contributed by atoms with Crippen LogP contribution < -0.4 is 0 Å². The number of hydrogen-bond donors (Lipinski definition) is 1. The lowest BCUT2D eigenvalue weighted by molar-refractivity contribution is 0.190. The van der Waals surface area contributed by atoms with Gasteiger partial charge in [-0.2, -0.15) is 0 Å². The van der Waals surface area contributed by atoms with Crippen LogP contribution in [0.2, 0.25) is 0 Å². The molecular formula is C7H9N3OS. The van der Waals surface area contributed by atoms with Gasteiger partial charge in [0.25, 0.3) is 0 Å². The molecule has 0 amide bonds. The first-order valence-electron chi connectivity index (χ1n) is 3.49. The largest absolute Gasteiger partial charge is 0.387 e. The van der Waals surface area contributed by atoms with Crippen molar-refractivity contribution in [2.45, 2.75) is 13.0 Å². The summed E-state index contributed by atoms with van der Waals surface area (Å²) in [4.78, 5) is 4.57. The molecule has 0 aliphatic carbocycles. The fraction of sp³-hybridized carbons (Fsp3) is 0.429. The summed E-state index contributed by atoms with van der Waals surface area (Å²) in [5.74, 6) is 0. The number of hydrogen-bond acceptors (Lipinski definition) is 3. The lowest BCUT2D eigenvalue weighted by Crippen LogP contribution is -1.97. The van der Waals surface area contributed by atoms with E-state index in [0.717, 1.165) is 9.75 Å². The molecule has 0 unspecified atom stereocenters. The van der Waals surface area contributed by atoms with E-state index in [-0.39, 0.29) is 6.54 Å². The maximum atomic E-state index is 9.41. The molecule has 5 heteroatoms. The predicted octanol–water partition coefficient (Wildman–Crippen LogP) is 2.40. The molecule has 1 aromatic heterocycles. The van der Waals surface area contributed by atoms with E-state index in [0.29, 0.717) is 0 Å². The van der Waals surface area contributed by atoms with E-state index in [4.69, 9.17) is 5.53 Å². The highest BCUT2D eigenvalue weighted by molar-refractivity contribution is 7.12. The van der Waals surface area contributed by atoms with Gasteiger partial charge >= 0.3 is 0 Å². The van der Waals surface area contributed by atoms with Crippen LogP contribution in [0.3, 0.4) is 0 Å². The standard InChI is InChI=1S/C7H9N3OS/c1-5-2-3-7(12-5)6(11)4-9-10-8/h2-3,6,11H,4H2,1H3/t6-/m0/s1. The third-order valence-corrected chi connectivity index (χ3v) is 2.51. The van der Waals surface area contributed by atoms with Gasteiger partial charge < -0.3 is 5.11 Å². The Bertz CT molecular complexity index is 303. The minimum atomic E-state index is -0.653. The van der Waals surface area contributed by atoms with Gasteiger partial charge in [0.1, 0.15) is 0 Å². The van der Waals surface area contributed by atoms with Gasteiger partial charge in [-0.1, -0.05) is 5.11 Å². The van der Waals surface area contributed by atoms with Crippen LogP contribution in [0.1, 0.15) is 15.9 Å². The third-order valence-electron chi connectivity index (χ3n) is 1.41. The van der Waals surface area contributed by atoms with Gasteiger partial charge in [0, 0.05) is 14.7 Å². The minimum Gasteiger partial charge on any atom is -0.387 e. The Labute approximate surface area is 74.1 Å². The van der Waals surface area contributed by atoms with Crippen LogP contribution in [-0.4, -0.2) is 11.7 Å². The smallest absolute Gasteiger partial charge is 0.0938 e. The second-order valence-corrected chi connectivity index (χ2v) is 3.70. The van der Waals surface area contributed by atoms with Crippen LogP contribution in [0.4, 0.5) is 0 Å². The second-order valence-electron chi connectivity index (χ2n) is 2.38. The third kappa shape index (κ3) is 2.23. The molecule has 0 aliphatic rings. The van der Waals surface area contributed by atoms with Gasteiger partial charge in [0.2, 0.25) is 0 Å². The number of thiophene rings is 1. The molecule has 0 spiro atoms. The van der Waals surface area contributed by atoms with E-state index < -0.39 is 6.10 Å². The van der Waals surface area contributed by atoms with Gasteiger partial charge in [-0.05, 0) is 24.6 Å². The molecule has 1 rings (SSSR count). The van der Waals surface area contributed by atoms with Crippen LogP contribution in [0.5, 0.6) is 0 Å². The number of aliphatic hydroxyl groups excluding tert-OH is 1. The Morgan fingerprint density at radius 1 is 1.75 bits per heavy atom. The van der Waals surface area contributed by atoms with E-state index in [1.807, 2.05) is 19.1 Å². The molecule has 1 heterocycles. The van der Waals surface area contributed by atoms with Crippen LogP contribution in [0.25, 0.3) is 10.4 Å². The monoisotopic (exact) mass is 183 g/mol. The molecule has 4 nitrogen and oxygen atoms in total. The van der Waals surface area contributed by atoms with Crippen molar-refractivity contribution in [1.29, 1.82) is 0 Å². The van der Waals surface area contributed by atoms with Crippen LogP contribution in [0.15, 0.2) is 17.2 Å². The molecule has 0 radical (unpaired) electrons. The minimum absolute atomic E-state index is 0.108. The predicted molar refractivity (Wildman–Crippen MR) is 48.0 cm³/mol. The van der Waals surface area contributed by atoms with Gasteiger partial charge in [0.05, 0.1) is 12.6 Å². The second kappa shape index (κ2) is 4.11.